The van der Waals surface area contributed by atoms with Gasteiger partial charge in [0.2, 0.25) is 5.91 Å². The normalized spacial score (nSPS) is 9.79. The van der Waals surface area contributed by atoms with Crippen LogP contribution in [0.1, 0.15) is 10.4 Å². The molecule has 102 valence electrons. The quantitative estimate of drug-likeness (QED) is 0.568. The third-order valence-corrected chi connectivity index (χ3v) is 2.34. The predicted molar refractivity (Wildman–Crippen MR) is 69.0 cm³/mol. The van der Waals surface area contributed by atoms with E-state index in [-0.39, 0.29) is 17.8 Å². The average Bonchev–Trinajstić information content (AvgIpc) is 2.34. The maximum atomic E-state index is 11.9. The van der Waals surface area contributed by atoms with Crippen molar-refractivity contribution in [2.75, 3.05) is 25.5 Å². The zero-order valence-corrected chi connectivity index (χ0v) is 10.5. The Morgan fingerprint density at radius 3 is 2.53 bits per heavy atom. The summed E-state index contributed by atoms with van der Waals surface area (Å²) in [5.41, 5.74) is 5.34. The fourth-order valence-electron chi connectivity index (χ4n) is 1.47. The molecule has 8 heteroatoms. The van der Waals surface area contributed by atoms with Crippen molar-refractivity contribution in [2.24, 2.45) is 5.73 Å². The van der Waals surface area contributed by atoms with E-state index in [9.17, 15) is 19.7 Å². The van der Waals surface area contributed by atoms with Crippen LogP contribution in [0.25, 0.3) is 0 Å². The number of nitro benzene ring substituents is 1. The lowest BCUT2D eigenvalue weighted by Gasteiger charge is -2.16. The Labute approximate surface area is 109 Å². The second-order valence-corrected chi connectivity index (χ2v) is 4.00. The Balaban J connectivity index is 3.13. The number of nitro groups is 1. The van der Waals surface area contributed by atoms with Crippen LogP contribution >= 0.6 is 0 Å². The van der Waals surface area contributed by atoms with Crippen molar-refractivity contribution < 1.29 is 14.5 Å². The number of rotatable bonds is 5. The maximum absolute atomic E-state index is 11.9. The van der Waals surface area contributed by atoms with Crippen molar-refractivity contribution >= 4 is 23.2 Å². The molecule has 0 aliphatic rings. The number of nitrogens with zero attached hydrogens (tertiary/aromatic N) is 2. The highest BCUT2D eigenvalue weighted by Crippen LogP contribution is 2.24. The number of hydrogen-bond donors (Lipinski definition) is 2. The zero-order chi connectivity index (χ0) is 14.6. The molecule has 8 nitrogen and oxygen atoms in total. The van der Waals surface area contributed by atoms with Gasteiger partial charge in [-0.25, -0.2) is 0 Å². The monoisotopic (exact) mass is 266 g/mol. The number of carbonyl (C=O) groups excluding carboxylic acids is 2. The molecule has 0 fully saturated rings. The lowest BCUT2D eigenvalue weighted by Crippen LogP contribution is -2.34. The van der Waals surface area contributed by atoms with Gasteiger partial charge in [-0.3, -0.25) is 19.7 Å². The Bertz CT molecular complexity index is 527. The summed E-state index contributed by atoms with van der Waals surface area (Å²) in [5, 5.41) is 13.0. The third kappa shape index (κ3) is 3.66. The molecular weight excluding hydrogens is 252 g/mol. The van der Waals surface area contributed by atoms with E-state index in [4.69, 9.17) is 5.73 Å². The van der Waals surface area contributed by atoms with Gasteiger partial charge < -0.3 is 16.0 Å². The molecule has 0 atom stereocenters. The second kappa shape index (κ2) is 5.80. The summed E-state index contributed by atoms with van der Waals surface area (Å²) in [6.45, 7) is -0.325. The molecule has 0 heterocycles. The molecule has 19 heavy (non-hydrogen) atoms. The molecule has 1 aromatic rings. The smallest absolute Gasteiger partial charge is 0.270 e. The van der Waals surface area contributed by atoms with Crippen LogP contribution in [0.4, 0.5) is 11.4 Å². The van der Waals surface area contributed by atoms with Crippen molar-refractivity contribution in [1.82, 2.24) is 5.32 Å². The third-order valence-electron chi connectivity index (χ3n) is 2.34. The van der Waals surface area contributed by atoms with E-state index >= 15 is 0 Å². The van der Waals surface area contributed by atoms with Crippen LogP contribution in [0, 0.1) is 10.1 Å². The van der Waals surface area contributed by atoms with Crippen molar-refractivity contribution in [3.63, 3.8) is 0 Å². The number of non-ortho nitro benzene ring substituents is 1. The minimum Gasteiger partial charge on any atom is -0.377 e. The number of anilines is 1. The summed E-state index contributed by atoms with van der Waals surface area (Å²) < 4.78 is 0. The Morgan fingerprint density at radius 2 is 2.05 bits per heavy atom. The summed E-state index contributed by atoms with van der Waals surface area (Å²) in [6.07, 6.45) is 0. The molecule has 0 aliphatic heterocycles. The van der Waals surface area contributed by atoms with Crippen molar-refractivity contribution in [1.29, 1.82) is 0 Å². The second-order valence-electron chi connectivity index (χ2n) is 4.00. The number of amides is 2. The fourth-order valence-corrected chi connectivity index (χ4v) is 1.47. The van der Waals surface area contributed by atoms with Crippen molar-refractivity contribution in [3.8, 4) is 0 Å². The Hall–Kier alpha value is -2.64. The molecule has 0 aliphatic carbocycles. The van der Waals surface area contributed by atoms with E-state index in [2.05, 4.69) is 5.32 Å². The van der Waals surface area contributed by atoms with E-state index in [1.54, 1.807) is 19.0 Å². The van der Waals surface area contributed by atoms with Crippen LogP contribution in [0.2, 0.25) is 0 Å². The lowest BCUT2D eigenvalue weighted by molar-refractivity contribution is -0.384. The molecule has 3 N–H and O–H groups in total. The van der Waals surface area contributed by atoms with Crippen LogP contribution in [-0.2, 0) is 4.79 Å². The topological polar surface area (TPSA) is 119 Å². The number of benzene rings is 1. The van der Waals surface area contributed by atoms with Crippen LogP contribution in [0.5, 0.6) is 0 Å². The molecule has 0 aromatic heterocycles. The highest BCUT2D eigenvalue weighted by molar-refractivity contribution is 6.01. The highest BCUT2D eigenvalue weighted by atomic mass is 16.6. The minimum absolute atomic E-state index is 0.112. The first-order valence-electron chi connectivity index (χ1n) is 5.35. The first-order chi connectivity index (χ1) is 8.82. The van der Waals surface area contributed by atoms with Crippen molar-refractivity contribution in [2.45, 2.75) is 0 Å². The van der Waals surface area contributed by atoms with Gasteiger partial charge >= 0.3 is 0 Å². The average molecular weight is 266 g/mol. The van der Waals surface area contributed by atoms with Gasteiger partial charge in [0.05, 0.1) is 17.0 Å². The van der Waals surface area contributed by atoms with E-state index in [1.807, 2.05) is 0 Å². The predicted octanol–water partition coefficient (Wildman–Crippen LogP) is -0.124. The largest absolute Gasteiger partial charge is 0.377 e. The van der Waals surface area contributed by atoms with Crippen LogP contribution in [-0.4, -0.2) is 37.4 Å². The summed E-state index contributed by atoms with van der Waals surface area (Å²) in [6, 6.07) is 3.93. The molecule has 0 spiro atoms. The number of nitrogens with one attached hydrogen (secondary N) is 1. The molecule has 0 saturated heterocycles. The van der Waals surface area contributed by atoms with Gasteiger partial charge in [-0.2, -0.15) is 0 Å². The van der Waals surface area contributed by atoms with Gasteiger partial charge in [0.15, 0.2) is 0 Å². The van der Waals surface area contributed by atoms with Gasteiger partial charge in [0.25, 0.3) is 11.6 Å². The SMILES string of the molecule is CN(C)c1ccc([N+](=O)[O-])cc1C(=O)NCC(N)=O. The van der Waals surface area contributed by atoms with Crippen LogP contribution in [0.3, 0.4) is 0 Å². The van der Waals surface area contributed by atoms with Gasteiger partial charge in [-0.05, 0) is 6.07 Å². The zero-order valence-electron chi connectivity index (χ0n) is 10.5. The van der Waals surface area contributed by atoms with Crippen LogP contribution < -0.4 is 16.0 Å². The van der Waals surface area contributed by atoms with E-state index < -0.39 is 16.7 Å². The fraction of sp³-hybridized carbons (Fsp3) is 0.273. The van der Waals surface area contributed by atoms with Gasteiger partial charge in [-0.15, -0.1) is 0 Å². The molecule has 0 bridgehead atoms. The van der Waals surface area contributed by atoms with Gasteiger partial charge in [-0.1, -0.05) is 0 Å². The minimum atomic E-state index is -0.690. The summed E-state index contributed by atoms with van der Waals surface area (Å²) in [4.78, 5) is 34.3. The molecular formula is C11H14N4O4. The van der Waals surface area contributed by atoms with Crippen molar-refractivity contribution in [3.05, 3.63) is 33.9 Å². The molecule has 2 amide bonds. The van der Waals surface area contributed by atoms with Crippen LogP contribution in [0.15, 0.2) is 18.2 Å². The van der Waals surface area contributed by atoms with E-state index in [0.29, 0.717) is 5.69 Å². The lowest BCUT2D eigenvalue weighted by atomic mass is 10.1. The first-order valence-corrected chi connectivity index (χ1v) is 5.35. The highest BCUT2D eigenvalue weighted by Gasteiger charge is 2.18. The molecule has 0 unspecified atom stereocenters. The van der Waals surface area contributed by atoms with E-state index in [0.717, 1.165) is 6.07 Å². The summed E-state index contributed by atoms with van der Waals surface area (Å²) in [7, 11) is 3.40. The number of nitrogens with two attached hydrogens (primary N) is 1. The number of primary amides is 1. The van der Waals surface area contributed by atoms with E-state index in [1.165, 1.54) is 12.1 Å². The number of carbonyl (C=O) groups is 2. The molecule has 1 aromatic carbocycles. The Kier molecular flexibility index (Phi) is 4.41. The number of hydrogen-bond acceptors (Lipinski definition) is 5. The standard InChI is InChI=1S/C11H14N4O4/c1-14(2)9-4-3-7(15(18)19)5-8(9)11(17)13-6-10(12)16/h3-5H,6H2,1-2H3,(H2,12,16)(H,13,17). The molecule has 1 rings (SSSR count). The van der Waals surface area contributed by atoms with Gasteiger partial charge in [0.1, 0.15) is 0 Å². The summed E-state index contributed by atoms with van der Waals surface area (Å²) in [5.74, 6) is -1.28. The Morgan fingerprint density at radius 1 is 1.42 bits per heavy atom. The molecule has 0 radical (unpaired) electrons. The van der Waals surface area contributed by atoms with Gasteiger partial charge in [0, 0.05) is 31.9 Å². The molecule has 0 saturated carbocycles. The first kappa shape index (κ1) is 14.4. The summed E-state index contributed by atoms with van der Waals surface area (Å²) >= 11 is 0. The maximum Gasteiger partial charge on any atom is 0.270 e.